The number of carbonyl (C=O) groups excluding carboxylic acids is 1. The molecule has 0 bridgehead atoms. The molecule has 3 aromatic heterocycles. The van der Waals surface area contributed by atoms with Crippen LogP contribution in [0.3, 0.4) is 0 Å². The predicted octanol–water partition coefficient (Wildman–Crippen LogP) is 3.07. The standard InChI is InChI=1S/C19H17N5O2/c1-13(18-22-15-5-3-4-6-16(15)23(18)2)26-19(25)14-7-8-21-17(11-14)24-10-9-20-12-24/h3-13H,1-2H3. The molecule has 0 N–H and O–H groups in total. The van der Waals surface area contributed by atoms with Crippen molar-refractivity contribution in [3.05, 3.63) is 72.7 Å². The molecule has 0 radical (unpaired) electrons. The second kappa shape index (κ2) is 6.44. The van der Waals surface area contributed by atoms with Gasteiger partial charge in [0.15, 0.2) is 11.9 Å². The number of fused-ring (bicyclic) bond motifs is 1. The molecule has 4 rings (SSSR count). The Balaban J connectivity index is 1.57. The summed E-state index contributed by atoms with van der Waals surface area (Å²) < 4.78 is 9.30. The first-order valence-electron chi connectivity index (χ1n) is 8.20. The molecule has 0 aliphatic carbocycles. The van der Waals surface area contributed by atoms with E-state index >= 15 is 0 Å². The van der Waals surface area contributed by atoms with Crippen LogP contribution in [0.15, 0.2) is 61.3 Å². The van der Waals surface area contributed by atoms with Gasteiger partial charge in [-0.3, -0.25) is 4.57 Å². The van der Waals surface area contributed by atoms with E-state index in [1.807, 2.05) is 42.8 Å². The molecule has 0 saturated heterocycles. The Kier molecular flexibility index (Phi) is 3.96. The van der Waals surface area contributed by atoms with Gasteiger partial charge in [0, 0.05) is 25.6 Å². The lowest BCUT2D eigenvalue weighted by Crippen LogP contribution is -2.13. The first-order valence-corrected chi connectivity index (χ1v) is 8.20. The molecule has 4 aromatic rings. The number of esters is 1. The maximum atomic E-state index is 12.6. The first kappa shape index (κ1) is 16.0. The summed E-state index contributed by atoms with van der Waals surface area (Å²) in [6.07, 6.45) is 6.13. The number of benzene rings is 1. The Morgan fingerprint density at radius 1 is 1.19 bits per heavy atom. The summed E-state index contributed by atoms with van der Waals surface area (Å²) in [7, 11) is 1.92. The quantitative estimate of drug-likeness (QED) is 0.530. The Hall–Kier alpha value is -3.48. The lowest BCUT2D eigenvalue weighted by molar-refractivity contribution is 0.0315. The van der Waals surface area contributed by atoms with Gasteiger partial charge in [-0.05, 0) is 31.2 Å². The predicted molar refractivity (Wildman–Crippen MR) is 95.9 cm³/mol. The van der Waals surface area contributed by atoms with Crippen molar-refractivity contribution in [3.8, 4) is 5.82 Å². The molecule has 0 aliphatic rings. The molecule has 0 saturated carbocycles. The number of para-hydroxylation sites is 2. The number of aromatic nitrogens is 5. The molecular weight excluding hydrogens is 330 g/mol. The Morgan fingerprint density at radius 3 is 2.81 bits per heavy atom. The van der Waals surface area contributed by atoms with E-state index in [-0.39, 0.29) is 0 Å². The summed E-state index contributed by atoms with van der Waals surface area (Å²) in [4.78, 5) is 25.4. The van der Waals surface area contributed by atoms with Crippen LogP contribution in [0.1, 0.15) is 29.2 Å². The minimum absolute atomic E-state index is 0.423. The number of hydrogen-bond donors (Lipinski definition) is 0. The molecule has 0 spiro atoms. The fourth-order valence-corrected chi connectivity index (χ4v) is 2.89. The van der Waals surface area contributed by atoms with Crippen molar-refractivity contribution >= 4 is 17.0 Å². The minimum Gasteiger partial charge on any atom is -0.451 e. The van der Waals surface area contributed by atoms with Gasteiger partial charge in [0.1, 0.15) is 12.1 Å². The Bertz CT molecular complexity index is 1070. The molecular formula is C19H17N5O2. The van der Waals surface area contributed by atoms with E-state index in [0.717, 1.165) is 11.0 Å². The van der Waals surface area contributed by atoms with Crippen LogP contribution in [-0.4, -0.2) is 30.1 Å². The van der Waals surface area contributed by atoms with E-state index in [1.165, 1.54) is 0 Å². The molecule has 1 atom stereocenters. The van der Waals surface area contributed by atoms with Gasteiger partial charge < -0.3 is 9.30 Å². The monoisotopic (exact) mass is 347 g/mol. The zero-order valence-electron chi connectivity index (χ0n) is 14.4. The number of imidazole rings is 2. The Morgan fingerprint density at radius 2 is 2.04 bits per heavy atom. The molecule has 0 fully saturated rings. The second-order valence-corrected chi connectivity index (χ2v) is 5.94. The van der Waals surface area contributed by atoms with E-state index in [2.05, 4.69) is 15.0 Å². The van der Waals surface area contributed by atoms with Crippen LogP contribution in [-0.2, 0) is 11.8 Å². The van der Waals surface area contributed by atoms with Crippen molar-refractivity contribution in [2.45, 2.75) is 13.0 Å². The second-order valence-electron chi connectivity index (χ2n) is 5.94. The average molecular weight is 347 g/mol. The topological polar surface area (TPSA) is 74.8 Å². The lowest BCUT2D eigenvalue weighted by Gasteiger charge is -2.13. The summed E-state index contributed by atoms with van der Waals surface area (Å²) in [6.45, 7) is 1.82. The van der Waals surface area contributed by atoms with E-state index in [1.54, 1.807) is 41.6 Å². The van der Waals surface area contributed by atoms with Gasteiger partial charge in [-0.2, -0.15) is 0 Å². The highest BCUT2D eigenvalue weighted by Gasteiger charge is 2.19. The van der Waals surface area contributed by atoms with Gasteiger partial charge in [0.05, 0.1) is 16.6 Å². The normalized spacial score (nSPS) is 12.2. The van der Waals surface area contributed by atoms with Crippen LogP contribution >= 0.6 is 0 Å². The van der Waals surface area contributed by atoms with Crippen LogP contribution in [0.2, 0.25) is 0 Å². The van der Waals surface area contributed by atoms with Gasteiger partial charge in [0.2, 0.25) is 0 Å². The van der Waals surface area contributed by atoms with Crippen molar-refractivity contribution in [1.29, 1.82) is 0 Å². The van der Waals surface area contributed by atoms with Crippen molar-refractivity contribution < 1.29 is 9.53 Å². The molecule has 130 valence electrons. The molecule has 0 amide bonds. The zero-order valence-corrected chi connectivity index (χ0v) is 14.4. The molecule has 1 aromatic carbocycles. The fourth-order valence-electron chi connectivity index (χ4n) is 2.89. The largest absolute Gasteiger partial charge is 0.451 e. The third-order valence-corrected chi connectivity index (χ3v) is 4.22. The summed E-state index contributed by atoms with van der Waals surface area (Å²) in [6, 6.07) is 11.1. The fraction of sp³-hybridized carbons (Fsp3) is 0.158. The van der Waals surface area contributed by atoms with Crippen molar-refractivity contribution in [3.63, 3.8) is 0 Å². The molecule has 3 heterocycles. The van der Waals surface area contributed by atoms with E-state index in [9.17, 15) is 4.79 Å². The smallest absolute Gasteiger partial charge is 0.339 e. The number of carbonyl (C=O) groups is 1. The van der Waals surface area contributed by atoms with E-state index in [4.69, 9.17) is 4.74 Å². The van der Waals surface area contributed by atoms with E-state index < -0.39 is 12.1 Å². The van der Waals surface area contributed by atoms with Gasteiger partial charge >= 0.3 is 5.97 Å². The highest BCUT2D eigenvalue weighted by Crippen LogP contribution is 2.22. The number of nitrogens with zero attached hydrogens (tertiary/aromatic N) is 5. The number of rotatable bonds is 4. The van der Waals surface area contributed by atoms with E-state index in [0.29, 0.717) is 17.2 Å². The lowest BCUT2D eigenvalue weighted by atomic mass is 10.2. The summed E-state index contributed by atoms with van der Waals surface area (Å²) in [5.74, 6) is 0.879. The number of hydrogen-bond acceptors (Lipinski definition) is 5. The van der Waals surface area contributed by atoms with Gasteiger partial charge in [-0.1, -0.05) is 12.1 Å². The summed E-state index contributed by atoms with van der Waals surface area (Å²) in [5, 5.41) is 0. The molecule has 1 unspecified atom stereocenters. The first-order chi connectivity index (χ1) is 12.6. The Labute approximate surface area is 149 Å². The summed E-state index contributed by atoms with van der Waals surface area (Å²) >= 11 is 0. The molecule has 26 heavy (non-hydrogen) atoms. The molecule has 7 heteroatoms. The van der Waals surface area contributed by atoms with Gasteiger partial charge in [-0.25, -0.2) is 19.7 Å². The van der Waals surface area contributed by atoms with Crippen LogP contribution in [0, 0.1) is 0 Å². The number of aryl methyl sites for hydroxylation is 1. The van der Waals surface area contributed by atoms with Crippen LogP contribution in [0.25, 0.3) is 16.9 Å². The summed E-state index contributed by atoms with van der Waals surface area (Å²) in [5.41, 5.74) is 2.30. The SMILES string of the molecule is CC(OC(=O)c1ccnc(-n2ccnc2)c1)c1nc2ccccc2n1C. The van der Waals surface area contributed by atoms with Crippen molar-refractivity contribution in [1.82, 2.24) is 24.1 Å². The third-order valence-electron chi connectivity index (χ3n) is 4.22. The van der Waals surface area contributed by atoms with Gasteiger partial charge in [0.25, 0.3) is 0 Å². The van der Waals surface area contributed by atoms with Crippen molar-refractivity contribution in [2.24, 2.45) is 7.05 Å². The highest BCUT2D eigenvalue weighted by atomic mass is 16.5. The van der Waals surface area contributed by atoms with Crippen LogP contribution in [0.4, 0.5) is 0 Å². The molecule has 0 aliphatic heterocycles. The van der Waals surface area contributed by atoms with Crippen LogP contribution < -0.4 is 0 Å². The number of pyridine rings is 1. The highest BCUT2D eigenvalue weighted by molar-refractivity contribution is 5.90. The van der Waals surface area contributed by atoms with Crippen molar-refractivity contribution in [2.75, 3.05) is 0 Å². The minimum atomic E-state index is -0.482. The number of ether oxygens (including phenoxy) is 1. The maximum Gasteiger partial charge on any atom is 0.339 e. The zero-order chi connectivity index (χ0) is 18.1. The van der Waals surface area contributed by atoms with Crippen LogP contribution in [0.5, 0.6) is 0 Å². The maximum absolute atomic E-state index is 12.6. The third kappa shape index (κ3) is 2.83. The average Bonchev–Trinajstić information content (AvgIpc) is 3.31. The van der Waals surface area contributed by atoms with Gasteiger partial charge in [-0.15, -0.1) is 0 Å². The molecule has 7 nitrogen and oxygen atoms in total.